The number of hydrogen-bond acceptors (Lipinski definition) is 2. The summed E-state index contributed by atoms with van der Waals surface area (Å²) in [6.07, 6.45) is 5.43. The molecular weight excluding hydrogens is 196 g/mol. The van der Waals surface area contributed by atoms with E-state index in [0.29, 0.717) is 6.04 Å². The zero-order valence-corrected chi connectivity index (χ0v) is 11.6. The van der Waals surface area contributed by atoms with E-state index >= 15 is 0 Å². The molecule has 2 heteroatoms. The van der Waals surface area contributed by atoms with Crippen molar-refractivity contribution in [2.45, 2.75) is 65.5 Å². The van der Waals surface area contributed by atoms with Crippen LogP contribution in [-0.4, -0.2) is 36.6 Å². The number of nitrogens with one attached hydrogen (secondary N) is 1. The SMILES string of the molecule is CCCCN(CC)C(C)C(C)CNC1CC1. The zero-order valence-electron chi connectivity index (χ0n) is 11.6. The van der Waals surface area contributed by atoms with Gasteiger partial charge in [-0.1, -0.05) is 27.2 Å². The maximum Gasteiger partial charge on any atom is 0.0104 e. The molecule has 1 aliphatic rings. The summed E-state index contributed by atoms with van der Waals surface area (Å²) in [4.78, 5) is 2.63. The predicted molar refractivity (Wildman–Crippen MR) is 71.8 cm³/mol. The third kappa shape index (κ3) is 4.84. The third-order valence-electron chi connectivity index (χ3n) is 3.91. The molecule has 1 rings (SSSR count). The summed E-state index contributed by atoms with van der Waals surface area (Å²) in [6.45, 7) is 13.0. The molecule has 0 heterocycles. The quantitative estimate of drug-likeness (QED) is 0.650. The Balaban J connectivity index is 2.23. The van der Waals surface area contributed by atoms with Crippen molar-refractivity contribution >= 4 is 0 Å². The van der Waals surface area contributed by atoms with Crippen molar-refractivity contribution in [1.82, 2.24) is 10.2 Å². The van der Waals surface area contributed by atoms with Gasteiger partial charge in [-0.2, -0.15) is 0 Å². The Kier molecular flexibility index (Phi) is 6.37. The molecule has 1 fully saturated rings. The smallest absolute Gasteiger partial charge is 0.0104 e. The van der Waals surface area contributed by atoms with Gasteiger partial charge in [0.1, 0.15) is 0 Å². The van der Waals surface area contributed by atoms with Gasteiger partial charge in [-0.25, -0.2) is 0 Å². The van der Waals surface area contributed by atoms with E-state index in [4.69, 9.17) is 0 Å². The van der Waals surface area contributed by atoms with E-state index in [0.717, 1.165) is 12.0 Å². The molecule has 1 saturated carbocycles. The van der Waals surface area contributed by atoms with Crippen molar-refractivity contribution in [2.75, 3.05) is 19.6 Å². The van der Waals surface area contributed by atoms with E-state index < -0.39 is 0 Å². The average molecular weight is 226 g/mol. The first kappa shape index (κ1) is 14.0. The average Bonchev–Trinajstić information content (AvgIpc) is 3.10. The number of rotatable bonds is 9. The topological polar surface area (TPSA) is 15.3 Å². The highest BCUT2D eigenvalue weighted by atomic mass is 15.1. The molecule has 0 saturated heterocycles. The lowest BCUT2D eigenvalue weighted by atomic mass is 10.0. The Bertz CT molecular complexity index is 178. The van der Waals surface area contributed by atoms with Crippen LogP contribution in [0, 0.1) is 5.92 Å². The van der Waals surface area contributed by atoms with Crippen molar-refractivity contribution in [1.29, 1.82) is 0 Å². The molecule has 0 aromatic carbocycles. The van der Waals surface area contributed by atoms with Gasteiger partial charge in [0.2, 0.25) is 0 Å². The maximum atomic E-state index is 3.65. The number of hydrogen-bond donors (Lipinski definition) is 1. The molecule has 1 aliphatic carbocycles. The van der Waals surface area contributed by atoms with Gasteiger partial charge < -0.3 is 10.2 Å². The molecule has 2 unspecified atom stereocenters. The summed E-state index contributed by atoms with van der Waals surface area (Å²) in [7, 11) is 0. The minimum absolute atomic E-state index is 0.711. The van der Waals surface area contributed by atoms with Crippen LogP contribution >= 0.6 is 0 Å². The van der Waals surface area contributed by atoms with Crippen molar-refractivity contribution < 1.29 is 0 Å². The summed E-state index contributed by atoms with van der Waals surface area (Å²) in [5, 5.41) is 3.65. The first-order valence-corrected chi connectivity index (χ1v) is 7.16. The van der Waals surface area contributed by atoms with E-state index in [2.05, 4.69) is 37.9 Å². The monoisotopic (exact) mass is 226 g/mol. The second kappa shape index (κ2) is 7.29. The fourth-order valence-corrected chi connectivity index (χ4v) is 2.18. The number of unbranched alkanes of at least 4 members (excludes halogenated alkanes) is 1. The maximum absolute atomic E-state index is 3.65. The Morgan fingerprint density at radius 2 is 1.94 bits per heavy atom. The fourth-order valence-electron chi connectivity index (χ4n) is 2.18. The molecule has 0 aromatic heterocycles. The molecule has 0 amide bonds. The number of nitrogens with zero attached hydrogens (tertiary/aromatic N) is 1. The van der Waals surface area contributed by atoms with Crippen molar-refractivity contribution in [3.05, 3.63) is 0 Å². The summed E-state index contributed by atoms with van der Waals surface area (Å²) < 4.78 is 0. The van der Waals surface area contributed by atoms with Gasteiger partial charge in [0, 0.05) is 12.1 Å². The molecule has 0 spiro atoms. The highest BCUT2D eigenvalue weighted by Gasteiger charge is 2.23. The van der Waals surface area contributed by atoms with Crippen LogP contribution in [0.2, 0.25) is 0 Å². The molecule has 0 radical (unpaired) electrons. The first-order chi connectivity index (χ1) is 7.69. The normalized spacial score (nSPS) is 20.1. The van der Waals surface area contributed by atoms with E-state index in [-0.39, 0.29) is 0 Å². The minimum atomic E-state index is 0.711. The fraction of sp³-hybridized carbons (Fsp3) is 1.00. The van der Waals surface area contributed by atoms with Crippen molar-refractivity contribution in [2.24, 2.45) is 5.92 Å². The molecular formula is C14H30N2. The van der Waals surface area contributed by atoms with Gasteiger partial charge in [-0.05, 0) is 51.7 Å². The first-order valence-electron chi connectivity index (χ1n) is 7.16. The van der Waals surface area contributed by atoms with Crippen LogP contribution in [0.4, 0.5) is 0 Å². The van der Waals surface area contributed by atoms with Crippen LogP contribution in [0.5, 0.6) is 0 Å². The lowest BCUT2D eigenvalue weighted by Crippen LogP contribution is -2.42. The van der Waals surface area contributed by atoms with Gasteiger partial charge in [0.15, 0.2) is 0 Å². The molecule has 16 heavy (non-hydrogen) atoms. The second-order valence-electron chi connectivity index (χ2n) is 5.38. The Hall–Kier alpha value is -0.0800. The molecule has 0 aromatic rings. The van der Waals surface area contributed by atoms with Gasteiger partial charge in [-0.15, -0.1) is 0 Å². The molecule has 2 nitrogen and oxygen atoms in total. The Labute approximate surface area is 102 Å². The van der Waals surface area contributed by atoms with Gasteiger partial charge in [0.05, 0.1) is 0 Å². The summed E-state index contributed by atoms with van der Waals surface area (Å²) in [5.74, 6) is 0.761. The standard InChI is InChI=1S/C14H30N2/c1-5-7-10-16(6-2)13(4)12(3)11-15-14-8-9-14/h12-15H,5-11H2,1-4H3. The highest BCUT2D eigenvalue weighted by Crippen LogP contribution is 2.20. The van der Waals surface area contributed by atoms with Crippen LogP contribution in [0.25, 0.3) is 0 Å². The largest absolute Gasteiger partial charge is 0.314 e. The Morgan fingerprint density at radius 3 is 2.44 bits per heavy atom. The van der Waals surface area contributed by atoms with E-state index in [1.165, 1.54) is 45.3 Å². The summed E-state index contributed by atoms with van der Waals surface area (Å²) in [5.41, 5.74) is 0. The molecule has 2 atom stereocenters. The van der Waals surface area contributed by atoms with E-state index in [1.807, 2.05) is 0 Å². The van der Waals surface area contributed by atoms with E-state index in [9.17, 15) is 0 Å². The van der Waals surface area contributed by atoms with Gasteiger partial charge in [0.25, 0.3) is 0 Å². The van der Waals surface area contributed by atoms with Gasteiger partial charge >= 0.3 is 0 Å². The lowest BCUT2D eigenvalue weighted by molar-refractivity contribution is 0.165. The van der Waals surface area contributed by atoms with Crippen LogP contribution in [0.15, 0.2) is 0 Å². The Morgan fingerprint density at radius 1 is 1.25 bits per heavy atom. The van der Waals surface area contributed by atoms with Crippen LogP contribution in [0.1, 0.15) is 53.4 Å². The van der Waals surface area contributed by atoms with Crippen LogP contribution < -0.4 is 5.32 Å². The zero-order chi connectivity index (χ0) is 12.0. The van der Waals surface area contributed by atoms with Crippen LogP contribution in [0.3, 0.4) is 0 Å². The summed E-state index contributed by atoms with van der Waals surface area (Å²) in [6, 6.07) is 1.56. The van der Waals surface area contributed by atoms with Crippen LogP contribution in [-0.2, 0) is 0 Å². The minimum Gasteiger partial charge on any atom is -0.314 e. The predicted octanol–water partition coefficient (Wildman–Crippen LogP) is 2.89. The van der Waals surface area contributed by atoms with Crippen molar-refractivity contribution in [3.8, 4) is 0 Å². The third-order valence-corrected chi connectivity index (χ3v) is 3.91. The van der Waals surface area contributed by atoms with Crippen molar-refractivity contribution in [3.63, 3.8) is 0 Å². The second-order valence-corrected chi connectivity index (χ2v) is 5.38. The molecule has 0 bridgehead atoms. The van der Waals surface area contributed by atoms with Gasteiger partial charge in [-0.3, -0.25) is 0 Å². The molecule has 1 N–H and O–H groups in total. The summed E-state index contributed by atoms with van der Waals surface area (Å²) >= 11 is 0. The van der Waals surface area contributed by atoms with E-state index in [1.54, 1.807) is 0 Å². The molecule has 0 aliphatic heterocycles. The highest BCUT2D eigenvalue weighted by molar-refractivity contribution is 4.83. The molecule has 96 valence electrons. The lowest BCUT2D eigenvalue weighted by Gasteiger charge is -2.32.